The Morgan fingerprint density at radius 3 is 2.75 bits per heavy atom. The van der Waals surface area contributed by atoms with Crippen LogP contribution in [0.5, 0.6) is 0 Å². The molecule has 1 aliphatic heterocycles. The van der Waals surface area contributed by atoms with Crippen LogP contribution in [0.3, 0.4) is 0 Å². The van der Waals surface area contributed by atoms with Crippen LogP contribution in [0.1, 0.15) is 32.6 Å². The van der Waals surface area contributed by atoms with Gasteiger partial charge in [-0.25, -0.2) is 4.98 Å². The van der Waals surface area contributed by atoms with Crippen LogP contribution in [0.25, 0.3) is 0 Å². The van der Waals surface area contributed by atoms with E-state index in [2.05, 4.69) is 23.0 Å². The number of piperidine rings is 1. The van der Waals surface area contributed by atoms with Gasteiger partial charge in [-0.15, -0.1) is 0 Å². The van der Waals surface area contributed by atoms with E-state index in [0.717, 1.165) is 38.3 Å². The lowest BCUT2D eigenvalue weighted by Gasteiger charge is -2.42. The van der Waals surface area contributed by atoms with Crippen molar-refractivity contribution in [3.63, 3.8) is 0 Å². The maximum absolute atomic E-state index is 12.1. The van der Waals surface area contributed by atoms with Crippen molar-refractivity contribution in [2.75, 3.05) is 18.0 Å². The largest absolute Gasteiger partial charge is 0.352 e. The minimum Gasteiger partial charge on any atom is -0.352 e. The van der Waals surface area contributed by atoms with Crippen molar-refractivity contribution in [3.05, 3.63) is 22.7 Å². The highest BCUT2D eigenvalue weighted by Crippen LogP contribution is 2.48. The zero-order valence-electron chi connectivity index (χ0n) is 12.3. The predicted octanol–water partition coefficient (Wildman–Crippen LogP) is 0.924. The third-order valence-corrected chi connectivity index (χ3v) is 5.19. The molecule has 1 saturated carbocycles. The van der Waals surface area contributed by atoms with Gasteiger partial charge in [0.1, 0.15) is 0 Å². The average molecular weight is 275 g/mol. The van der Waals surface area contributed by atoms with Crippen LogP contribution in [0.2, 0.25) is 0 Å². The standard InChI is InChI=1S/C15H23N4O/c1-11-9-12(16)15(10-11)3-6-19(7-4-15)13-14(20)18(2)8-5-17-13/h5,11-12H,3-4,6-7,9-10,16H2,1-2H3/t11-,12+/m0/s1. The van der Waals surface area contributed by atoms with Crippen molar-refractivity contribution in [1.29, 1.82) is 0 Å². The second kappa shape index (κ2) is 4.88. The molecular formula is C15H23N4O. The SMILES string of the molecule is C[C@H]1C[C@@H](N)C2(CCN(c3nc[c]n(C)c3=O)CC2)C1. The topological polar surface area (TPSA) is 64.2 Å². The van der Waals surface area contributed by atoms with Gasteiger partial charge >= 0.3 is 0 Å². The normalized spacial score (nSPS) is 29.1. The van der Waals surface area contributed by atoms with Crippen molar-refractivity contribution in [3.8, 4) is 0 Å². The van der Waals surface area contributed by atoms with Crippen molar-refractivity contribution >= 4 is 5.82 Å². The Morgan fingerprint density at radius 1 is 1.45 bits per heavy atom. The van der Waals surface area contributed by atoms with Crippen LogP contribution in [0.4, 0.5) is 5.82 Å². The zero-order chi connectivity index (χ0) is 14.3. The molecule has 1 aliphatic carbocycles. The van der Waals surface area contributed by atoms with E-state index in [9.17, 15) is 4.79 Å². The minimum atomic E-state index is -0.0625. The molecule has 109 valence electrons. The van der Waals surface area contributed by atoms with E-state index in [1.807, 2.05) is 0 Å². The van der Waals surface area contributed by atoms with Crippen LogP contribution in [-0.4, -0.2) is 28.7 Å². The summed E-state index contributed by atoms with van der Waals surface area (Å²) in [6, 6.07) is 0.319. The van der Waals surface area contributed by atoms with Gasteiger partial charge in [0, 0.05) is 26.2 Å². The summed E-state index contributed by atoms with van der Waals surface area (Å²) in [6.07, 6.45) is 8.87. The summed E-state index contributed by atoms with van der Waals surface area (Å²) >= 11 is 0. The molecule has 2 atom stereocenters. The van der Waals surface area contributed by atoms with Crippen LogP contribution < -0.4 is 16.2 Å². The van der Waals surface area contributed by atoms with Crippen LogP contribution in [-0.2, 0) is 7.05 Å². The number of nitrogens with two attached hydrogens (primary N) is 1. The molecule has 20 heavy (non-hydrogen) atoms. The van der Waals surface area contributed by atoms with Crippen LogP contribution >= 0.6 is 0 Å². The van der Waals surface area contributed by atoms with Gasteiger partial charge in [0.15, 0.2) is 5.82 Å². The van der Waals surface area contributed by atoms with Gasteiger partial charge in [-0.1, -0.05) is 6.92 Å². The smallest absolute Gasteiger partial charge is 0.293 e. The maximum atomic E-state index is 12.1. The molecule has 3 rings (SSSR count). The first-order valence-corrected chi connectivity index (χ1v) is 7.46. The van der Waals surface area contributed by atoms with Crippen molar-refractivity contribution in [1.82, 2.24) is 9.55 Å². The molecule has 0 bridgehead atoms. The molecule has 5 nitrogen and oxygen atoms in total. The summed E-state index contributed by atoms with van der Waals surface area (Å²) in [4.78, 5) is 18.4. The number of nitrogens with zero attached hydrogens (tertiary/aromatic N) is 3. The second-order valence-electron chi connectivity index (χ2n) is 6.58. The summed E-state index contributed by atoms with van der Waals surface area (Å²) in [5, 5.41) is 0. The second-order valence-corrected chi connectivity index (χ2v) is 6.58. The van der Waals surface area contributed by atoms with E-state index in [1.165, 1.54) is 11.0 Å². The van der Waals surface area contributed by atoms with Gasteiger partial charge < -0.3 is 15.2 Å². The fourth-order valence-corrected chi connectivity index (χ4v) is 4.01. The molecule has 2 aliphatic rings. The van der Waals surface area contributed by atoms with Crippen molar-refractivity contribution in [2.45, 2.75) is 38.6 Å². The highest BCUT2D eigenvalue weighted by molar-refractivity contribution is 5.36. The lowest BCUT2D eigenvalue weighted by atomic mass is 9.74. The first-order chi connectivity index (χ1) is 9.52. The molecule has 1 aromatic rings. The lowest BCUT2D eigenvalue weighted by Crippen LogP contribution is -2.48. The highest BCUT2D eigenvalue weighted by atomic mass is 16.1. The van der Waals surface area contributed by atoms with Gasteiger partial charge in [-0.3, -0.25) is 4.79 Å². The Balaban J connectivity index is 1.76. The quantitative estimate of drug-likeness (QED) is 0.828. The molecule has 1 saturated heterocycles. The zero-order valence-corrected chi connectivity index (χ0v) is 12.3. The Morgan fingerprint density at radius 2 is 2.15 bits per heavy atom. The molecule has 5 heteroatoms. The fraction of sp³-hybridized carbons (Fsp3) is 0.733. The number of hydrogen-bond donors (Lipinski definition) is 1. The Hall–Kier alpha value is -1.36. The minimum absolute atomic E-state index is 0.0625. The summed E-state index contributed by atoms with van der Waals surface area (Å²) < 4.78 is 1.47. The molecule has 1 spiro atoms. The van der Waals surface area contributed by atoms with Crippen LogP contribution in [0.15, 0.2) is 11.0 Å². The third kappa shape index (κ3) is 2.14. The number of hydrogen-bond acceptors (Lipinski definition) is 4. The molecule has 2 heterocycles. The van der Waals surface area contributed by atoms with Crippen molar-refractivity contribution < 1.29 is 0 Å². The lowest BCUT2D eigenvalue weighted by molar-refractivity contribution is 0.192. The molecule has 0 amide bonds. The number of anilines is 1. The van der Waals surface area contributed by atoms with E-state index >= 15 is 0 Å². The molecule has 0 unspecified atom stereocenters. The molecule has 2 fully saturated rings. The first-order valence-electron chi connectivity index (χ1n) is 7.46. The summed E-state index contributed by atoms with van der Waals surface area (Å²) in [5.74, 6) is 1.29. The van der Waals surface area contributed by atoms with E-state index in [1.54, 1.807) is 13.2 Å². The molecule has 0 aromatic carbocycles. The third-order valence-electron chi connectivity index (χ3n) is 5.19. The van der Waals surface area contributed by atoms with Crippen molar-refractivity contribution in [2.24, 2.45) is 24.1 Å². The fourth-order valence-electron chi connectivity index (χ4n) is 4.01. The van der Waals surface area contributed by atoms with E-state index in [0.29, 0.717) is 17.3 Å². The van der Waals surface area contributed by atoms with Gasteiger partial charge in [0.05, 0.1) is 12.4 Å². The monoisotopic (exact) mass is 275 g/mol. The molecular weight excluding hydrogens is 252 g/mol. The van der Waals surface area contributed by atoms with Gasteiger partial charge in [-0.05, 0) is 37.0 Å². The van der Waals surface area contributed by atoms with Gasteiger partial charge in [-0.2, -0.15) is 0 Å². The Bertz CT molecular complexity index is 545. The van der Waals surface area contributed by atoms with Crippen LogP contribution in [0, 0.1) is 17.5 Å². The molecule has 1 radical (unpaired) electrons. The maximum Gasteiger partial charge on any atom is 0.293 e. The average Bonchev–Trinajstić information content (AvgIpc) is 2.69. The summed E-state index contributed by atoms with van der Waals surface area (Å²) in [5.41, 5.74) is 6.60. The molecule has 2 N–H and O–H groups in total. The van der Waals surface area contributed by atoms with Gasteiger partial charge in [0.2, 0.25) is 0 Å². The van der Waals surface area contributed by atoms with E-state index < -0.39 is 0 Å². The summed E-state index contributed by atoms with van der Waals surface area (Å²) in [7, 11) is 1.72. The Labute approximate surface area is 119 Å². The van der Waals surface area contributed by atoms with Gasteiger partial charge in [0.25, 0.3) is 5.56 Å². The first kappa shape index (κ1) is 13.6. The predicted molar refractivity (Wildman–Crippen MR) is 78.6 cm³/mol. The van der Waals surface area contributed by atoms with E-state index in [4.69, 9.17) is 5.73 Å². The highest BCUT2D eigenvalue weighted by Gasteiger charge is 2.45. The Kier molecular flexibility index (Phi) is 3.32. The number of rotatable bonds is 1. The molecule has 1 aromatic heterocycles. The number of aryl methyl sites for hydroxylation is 1. The number of aromatic nitrogens is 2. The summed E-state index contributed by atoms with van der Waals surface area (Å²) in [6.45, 7) is 4.06. The van der Waals surface area contributed by atoms with E-state index in [-0.39, 0.29) is 5.56 Å².